The van der Waals surface area contributed by atoms with Crippen LogP contribution in [0.2, 0.25) is 0 Å². The number of benzene rings is 1. The molecule has 2 unspecified atom stereocenters. The Morgan fingerprint density at radius 1 is 1.23 bits per heavy atom. The lowest BCUT2D eigenvalue weighted by Crippen LogP contribution is -2.37. The molecule has 1 N–H and O–H groups in total. The summed E-state index contributed by atoms with van der Waals surface area (Å²) < 4.78 is 0. The molecule has 1 amide bonds. The second-order valence-electron chi connectivity index (χ2n) is 8.37. The van der Waals surface area contributed by atoms with Gasteiger partial charge in [0.1, 0.15) is 0 Å². The zero-order valence-corrected chi connectivity index (χ0v) is 14.3. The fourth-order valence-electron chi connectivity index (χ4n) is 4.83. The van der Waals surface area contributed by atoms with Crippen molar-refractivity contribution in [2.24, 2.45) is 10.8 Å². The molecule has 3 rings (SSSR count). The normalized spacial score (nSPS) is 29.6. The highest BCUT2D eigenvalue weighted by atomic mass is 16.2. The Balaban J connectivity index is 1.78. The van der Waals surface area contributed by atoms with Gasteiger partial charge in [-0.3, -0.25) is 4.79 Å². The molecule has 1 saturated carbocycles. The molecule has 3 nitrogen and oxygen atoms in total. The third-order valence-electron chi connectivity index (χ3n) is 5.26. The van der Waals surface area contributed by atoms with Crippen molar-refractivity contribution < 1.29 is 4.79 Å². The van der Waals surface area contributed by atoms with E-state index in [2.05, 4.69) is 43.1 Å². The van der Waals surface area contributed by atoms with Crippen LogP contribution in [0.1, 0.15) is 56.0 Å². The standard InChI is InChI=1S/C19H28N2O/c1-18(2)9-16-10-19(3,12-18)13-21(16)17(22)15-7-5-14(6-8-15)11-20-4/h5-8,16,20H,9-13H2,1-4H3. The topological polar surface area (TPSA) is 32.3 Å². The van der Waals surface area contributed by atoms with Crippen LogP contribution in [-0.4, -0.2) is 30.4 Å². The van der Waals surface area contributed by atoms with Crippen molar-refractivity contribution in [3.05, 3.63) is 35.4 Å². The van der Waals surface area contributed by atoms with E-state index in [-0.39, 0.29) is 5.91 Å². The van der Waals surface area contributed by atoms with E-state index in [9.17, 15) is 4.79 Å². The van der Waals surface area contributed by atoms with E-state index in [0.717, 1.165) is 25.1 Å². The van der Waals surface area contributed by atoms with Crippen molar-refractivity contribution in [3.63, 3.8) is 0 Å². The summed E-state index contributed by atoms with van der Waals surface area (Å²) in [4.78, 5) is 15.1. The second-order valence-corrected chi connectivity index (χ2v) is 8.37. The molecule has 2 aliphatic rings. The van der Waals surface area contributed by atoms with Crippen LogP contribution in [0.5, 0.6) is 0 Å². The van der Waals surface area contributed by atoms with Crippen LogP contribution in [-0.2, 0) is 6.54 Å². The summed E-state index contributed by atoms with van der Waals surface area (Å²) in [6, 6.07) is 8.48. The van der Waals surface area contributed by atoms with E-state index < -0.39 is 0 Å². The molecule has 1 heterocycles. The van der Waals surface area contributed by atoms with E-state index in [1.165, 1.54) is 18.4 Å². The third kappa shape index (κ3) is 2.91. The van der Waals surface area contributed by atoms with Crippen LogP contribution in [0.25, 0.3) is 0 Å². The Kier molecular flexibility index (Phi) is 3.80. The van der Waals surface area contributed by atoms with Gasteiger partial charge in [0.15, 0.2) is 0 Å². The smallest absolute Gasteiger partial charge is 0.254 e. The molecular weight excluding hydrogens is 272 g/mol. The van der Waals surface area contributed by atoms with Gasteiger partial charge in [0.05, 0.1) is 0 Å². The average Bonchev–Trinajstić information content (AvgIpc) is 2.68. The summed E-state index contributed by atoms with van der Waals surface area (Å²) >= 11 is 0. The van der Waals surface area contributed by atoms with Gasteiger partial charge in [-0.2, -0.15) is 0 Å². The van der Waals surface area contributed by atoms with Crippen molar-refractivity contribution in [1.29, 1.82) is 0 Å². The third-order valence-corrected chi connectivity index (χ3v) is 5.26. The quantitative estimate of drug-likeness (QED) is 0.927. The first-order valence-electron chi connectivity index (χ1n) is 8.36. The molecule has 22 heavy (non-hydrogen) atoms. The van der Waals surface area contributed by atoms with Gasteiger partial charge < -0.3 is 10.2 Å². The summed E-state index contributed by atoms with van der Waals surface area (Å²) in [7, 11) is 1.94. The van der Waals surface area contributed by atoms with E-state index in [1.54, 1.807) is 0 Å². The number of hydrogen-bond acceptors (Lipinski definition) is 2. The molecule has 1 saturated heterocycles. The van der Waals surface area contributed by atoms with Crippen LogP contribution in [0, 0.1) is 10.8 Å². The lowest BCUT2D eigenvalue weighted by atomic mass is 9.65. The Hall–Kier alpha value is -1.35. The summed E-state index contributed by atoms with van der Waals surface area (Å²) in [5.74, 6) is 0.211. The van der Waals surface area contributed by atoms with Crippen molar-refractivity contribution >= 4 is 5.91 Å². The number of hydrogen-bond donors (Lipinski definition) is 1. The Bertz CT molecular complexity index is 563. The molecule has 2 bridgehead atoms. The molecular formula is C19H28N2O. The van der Waals surface area contributed by atoms with Crippen molar-refractivity contribution in [1.82, 2.24) is 10.2 Å². The van der Waals surface area contributed by atoms with E-state index in [0.29, 0.717) is 16.9 Å². The highest BCUT2D eigenvalue weighted by Crippen LogP contribution is 2.52. The minimum atomic E-state index is 0.211. The predicted octanol–water partition coefficient (Wildman–Crippen LogP) is 3.45. The SMILES string of the molecule is CNCc1ccc(C(=O)N2CC3(C)CC2CC(C)(C)C3)cc1. The maximum absolute atomic E-state index is 12.9. The average molecular weight is 300 g/mol. The molecule has 1 aromatic rings. The molecule has 2 fully saturated rings. The van der Waals surface area contributed by atoms with Crippen LogP contribution in [0.15, 0.2) is 24.3 Å². The first-order chi connectivity index (χ1) is 10.3. The molecule has 0 spiro atoms. The van der Waals surface area contributed by atoms with Gasteiger partial charge >= 0.3 is 0 Å². The van der Waals surface area contributed by atoms with Gasteiger partial charge in [-0.1, -0.05) is 32.9 Å². The summed E-state index contributed by atoms with van der Waals surface area (Å²) in [5.41, 5.74) is 2.69. The number of carbonyl (C=O) groups excluding carboxylic acids is 1. The van der Waals surface area contributed by atoms with E-state index in [4.69, 9.17) is 0 Å². The molecule has 120 valence electrons. The monoisotopic (exact) mass is 300 g/mol. The molecule has 3 heteroatoms. The van der Waals surface area contributed by atoms with Crippen LogP contribution >= 0.6 is 0 Å². The second kappa shape index (κ2) is 5.38. The molecule has 0 radical (unpaired) electrons. The number of nitrogens with zero attached hydrogens (tertiary/aromatic N) is 1. The van der Waals surface area contributed by atoms with Gasteiger partial charge in [-0.25, -0.2) is 0 Å². The van der Waals surface area contributed by atoms with Gasteiger partial charge in [0.25, 0.3) is 5.91 Å². The largest absolute Gasteiger partial charge is 0.335 e. The van der Waals surface area contributed by atoms with Gasteiger partial charge in [-0.15, -0.1) is 0 Å². The maximum atomic E-state index is 12.9. The first-order valence-corrected chi connectivity index (χ1v) is 8.36. The Morgan fingerprint density at radius 3 is 2.55 bits per heavy atom. The van der Waals surface area contributed by atoms with Gasteiger partial charge in [-0.05, 0) is 54.8 Å². The molecule has 1 aliphatic heterocycles. The predicted molar refractivity (Wildman–Crippen MR) is 89.8 cm³/mol. The van der Waals surface area contributed by atoms with E-state index >= 15 is 0 Å². The fourth-order valence-corrected chi connectivity index (χ4v) is 4.83. The van der Waals surface area contributed by atoms with Crippen LogP contribution in [0.4, 0.5) is 0 Å². The highest BCUT2D eigenvalue weighted by molar-refractivity contribution is 5.94. The molecule has 1 aliphatic carbocycles. The first kappa shape index (κ1) is 15.5. The van der Waals surface area contributed by atoms with Crippen LogP contribution in [0.3, 0.4) is 0 Å². The number of nitrogens with one attached hydrogen (secondary N) is 1. The maximum Gasteiger partial charge on any atom is 0.254 e. The number of amides is 1. The highest BCUT2D eigenvalue weighted by Gasteiger charge is 2.50. The van der Waals surface area contributed by atoms with E-state index in [1.807, 2.05) is 19.2 Å². The zero-order valence-electron chi connectivity index (χ0n) is 14.3. The van der Waals surface area contributed by atoms with Gasteiger partial charge in [0.2, 0.25) is 0 Å². The lowest BCUT2D eigenvalue weighted by molar-refractivity contribution is 0.0708. The Morgan fingerprint density at radius 2 is 1.91 bits per heavy atom. The Labute approximate surface area is 134 Å². The van der Waals surface area contributed by atoms with Crippen molar-refractivity contribution in [2.75, 3.05) is 13.6 Å². The van der Waals surface area contributed by atoms with Crippen molar-refractivity contribution in [2.45, 2.75) is 52.6 Å². The molecule has 1 aromatic carbocycles. The number of carbonyl (C=O) groups is 1. The summed E-state index contributed by atoms with van der Waals surface area (Å²) in [6.45, 7) is 8.80. The number of fused-ring (bicyclic) bond motifs is 2. The number of likely N-dealkylation sites (tertiary alicyclic amines) is 1. The molecule has 0 aromatic heterocycles. The van der Waals surface area contributed by atoms with Crippen LogP contribution < -0.4 is 5.32 Å². The minimum absolute atomic E-state index is 0.211. The zero-order chi connectivity index (χ0) is 16.0. The van der Waals surface area contributed by atoms with Gasteiger partial charge in [0, 0.05) is 24.7 Å². The fraction of sp³-hybridized carbons (Fsp3) is 0.632. The summed E-state index contributed by atoms with van der Waals surface area (Å²) in [6.07, 6.45) is 3.52. The lowest BCUT2D eigenvalue weighted by Gasteiger charge is -2.39. The van der Waals surface area contributed by atoms with Crippen molar-refractivity contribution in [3.8, 4) is 0 Å². The summed E-state index contributed by atoms with van der Waals surface area (Å²) in [5, 5.41) is 3.14. The number of rotatable bonds is 3. The molecule has 2 atom stereocenters. The minimum Gasteiger partial charge on any atom is -0.335 e.